The Labute approximate surface area is 222 Å². The maximum atomic E-state index is 13.8. The normalized spacial score (nSPS) is 19.1. The van der Waals surface area contributed by atoms with E-state index < -0.39 is 15.9 Å². The highest BCUT2D eigenvalue weighted by Crippen LogP contribution is 2.39. The molecule has 2 aliphatic rings. The lowest BCUT2D eigenvalue weighted by molar-refractivity contribution is -0.126. The average molecular weight is 577 g/mol. The van der Waals surface area contributed by atoms with Crippen molar-refractivity contribution in [1.29, 1.82) is 0 Å². The van der Waals surface area contributed by atoms with E-state index in [9.17, 15) is 18.0 Å². The van der Waals surface area contributed by atoms with Crippen LogP contribution in [0.4, 0.5) is 5.69 Å². The average Bonchev–Trinajstić information content (AvgIpc) is 3.30. The van der Waals surface area contributed by atoms with E-state index in [2.05, 4.69) is 33.4 Å². The van der Waals surface area contributed by atoms with Crippen molar-refractivity contribution >= 4 is 43.5 Å². The summed E-state index contributed by atoms with van der Waals surface area (Å²) in [6.07, 6.45) is 3.88. The van der Waals surface area contributed by atoms with Gasteiger partial charge >= 0.3 is 0 Å². The summed E-state index contributed by atoms with van der Waals surface area (Å²) in [5, 5.41) is 3.09. The molecule has 1 saturated heterocycles. The lowest BCUT2D eigenvalue weighted by Gasteiger charge is -2.33. The van der Waals surface area contributed by atoms with Crippen LogP contribution in [-0.2, 0) is 32.5 Å². The fourth-order valence-corrected chi connectivity index (χ4v) is 7.52. The fourth-order valence-electron chi connectivity index (χ4n) is 5.08. The van der Waals surface area contributed by atoms with E-state index in [1.165, 1.54) is 9.87 Å². The highest BCUT2D eigenvalue weighted by Gasteiger charge is 2.38. The molecule has 1 fully saturated rings. The Kier molecular flexibility index (Phi) is 8.52. The second kappa shape index (κ2) is 11.4. The standard InChI is InChI=1S/C27H34BrN3O4S/c1-3-25(32)31-15-13-21-16-23(28)17-24(26(21)31)36(34,35)30-14-7-10-22(18-30)27(33)29-19(2)11-12-20-8-5-4-6-9-20/h4-6,8-9,16-17,19,22H,3,7,10-15,18H2,1-2H3,(H,29,33)/t19-,22+/m1/s1. The monoisotopic (exact) mass is 575 g/mol. The van der Waals surface area contributed by atoms with Gasteiger partial charge in [-0.3, -0.25) is 9.59 Å². The summed E-state index contributed by atoms with van der Waals surface area (Å²) in [4.78, 5) is 27.4. The van der Waals surface area contributed by atoms with Crippen LogP contribution in [-0.4, -0.2) is 50.2 Å². The third kappa shape index (κ3) is 5.84. The van der Waals surface area contributed by atoms with Gasteiger partial charge < -0.3 is 10.2 Å². The molecule has 2 aromatic carbocycles. The van der Waals surface area contributed by atoms with Crippen LogP contribution in [0.25, 0.3) is 0 Å². The number of carbonyl (C=O) groups excluding carboxylic acids is 2. The van der Waals surface area contributed by atoms with Gasteiger partial charge in [0.05, 0.1) is 11.6 Å². The summed E-state index contributed by atoms with van der Waals surface area (Å²) in [5.41, 5.74) is 2.57. The molecular weight excluding hydrogens is 542 g/mol. The molecule has 36 heavy (non-hydrogen) atoms. The van der Waals surface area contributed by atoms with Gasteiger partial charge in [-0.05, 0) is 62.3 Å². The van der Waals surface area contributed by atoms with Gasteiger partial charge in [0.2, 0.25) is 21.8 Å². The number of piperidine rings is 1. The first-order chi connectivity index (χ1) is 17.2. The third-order valence-corrected chi connectivity index (χ3v) is 9.40. The predicted octanol–water partition coefficient (Wildman–Crippen LogP) is 4.29. The Morgan fingerprint density at radius 2 is 1.92 bits per heavy atom. The van der Waals surface area contributed by atoms with E-state index in [0.29, 0.717) is 48.9 Å². The van der Waals surface area contributed by atoms with Crippen molar-refractivity contribution < 1.29 is 18.0 Å². The van der Waals surface area contributed by atoms with Crippen molar-refractivity contribution in [3.8, 4) is 0 Å². The van der Waals surface area contributed by atoms with Crippen LogP contribution in [0, 0.1) is 5.92 Å². The Morgan fingerprint density at radius 3 is 2.64 bits per heavy atom. The summed E-state index contributed by atoms with van der Waals surface area (Å²) in [6, 6.07) is 13.6. The molecule has 4 rings (SSSR count). The number of anilines is 1. The van der Waals surface area contributed by atoms with Crippen molar-refractivity contribution in [2.45, 2.75) is 63.3 Å². The highest BCUT2D eigenvalue weighted by molar-refractivity contribution is 9.10. The molecule has 7 nitrogen and oxygen atoms in total. The second-order valence-corrected chi connectivity index (χ2v) is 12.5. The van der Waals surface area contributed by atoms with Gasteiger partial charge in [0.1, 0.15) is 4.90 Å². The minimum Gasteiger partial charge on any atom is -0.353 e. The number of fused-ring (bicyclic) bond motifs is 1. The summed E-state index contributed by atoms with van der Waals surface area (Å²) >= 11 is 3.45. The van der Waals surface area contributed by atoms with Gasteiger partial charge in [-0.1, -0.05) is 53.2 Å². The van der Waals surface area contributed by atoms with Crippen molar-refractivity contribution in [2.24, 2.45) is 5.92 Å². The van der Waals surface area contributed by atoms with Gasteiger partial charge in [0, 0.05) is 36.6 Å². The minimum atomic E-state index is -3.90. The highest BCUT2D eigenvalue weighted by atomic mass is 79.9. The lowest BCUT2D eigenvalue weighted by Crippen LogP contribution is -2.47. The minimum absolute atomic E-state index is 0.00773. The number of halogens is 1. The first kappa shape index (κ1) is 26.8. The Hall–Kier alpha value is -2.23. The summed E-state index contributed by atoms with van der Waals surface area (Å²) in [7, 11) is -3.90. The molecule has 2 heterocycles. The topological polar surface area (TPSA) is 86.8 Å². The van der Waals surface area contributed by atoms with Crippen LogP contribution >= 0.6 is 15.9 Å². The number of amides is 2. The fraction of sp³-hybridized carbons (Fsp3) is 0.481. The van der Waals surface area contributed by atoms with Crippen molar-refractivity contribution in [1.82, 2.24) is 9.62 Å². The number of rotatable bonds is 8. The lowest BCUT2D eigenvalue weighted by atomic mass is 9.98. The van der Waals surface area contributed by atoms with Crippen LogP contribution < -0.4 is 10.2 Å². The SMILES string of the molecule is CCC(=O)N1CCc2cc(Br)cc(S(=O)(=O)N3CCC[C@H](C(=O)N[C@H](C)CCc4ccccc4)C3)c21. The zero-order valence-electron chi connectivity index (χ0n) is 20.9. The number of benzene rings is 2. The van der Waals surface area contributed by atoms with Crippen LogP contribution in [0.2, 0.25) is 0 Å². The molecule has 9 heteroatoms. The molecule has 194 valence electrons. The largest absolute Gasteiger partial charge is 0.353 e. The summed E-state index contributed by atoms with van der Waals surface area (Å²) in [5.74, 6) is -0.591. The van der Waals surface area contributed by atoms with Crippen LogP contribution in [0.5, 0.6) is 0 Å². The molecule has 1 N–H and O–H groups in total. The van der Waals surface area contributed by atoms with E-state index in [4.69, 9.17) is 0 Å². The summed E-state index contributed by atoms with van der Waals surface area (Å²) < 4.78 is 29.8. The maximum Gasteiger partial charge on any atom is 0.245 e. The van der Waals surface area contributed by atoms with Crippen molar-refractivity contribution in [2.75, 3.05) is 24.5 Å². The van der Waals surface area contributed by atoms with Gasteiger partial charge in [-0.2, -0.15) is 4.31 Å². The number of sulfonamides is 1. The maximum absolute atomic E-state index is 13.8. The van der Waals surface area contributed by atoms with Crippen LogP contribution in [0.1, 0.15) is 50.7 Å². The smallest absolute Gasteiger partial charge is 0.245 e. The van der Waals surface area contributed by atoms with E-state index in [-0.39, 0.29) is 29.3 Å². The van der Waals surface area contributed by atoms with E-state index in [1.807, 2.05) is 31.2 Å². The molecule has 0 aromatic heterocycles. The van der Waals surface area contributed by atoms with Crippen molar-refractivity contribution in [3.63, 3.8) is 0 Å². The Morgan fingerprint density at radius 1 is 1.17 bits per heavy atom. The van der Waals surface area contributed by atoms with Gasteiger partial charge in [0.15, 0.2) is 0 Å². The number of aryl methyl sites for hydroxylation is 1. The molecule has 0 spiro atoms. The predicted molar refractivity (Wildman–Crippen MR) is 144 cm³/mol. The van der Waals surface area contributed by atoms with Crippen molar-refractivity contribution in [3.05, 3.63) is 58.1 Å². The molecule has 0 bridgehead atoms. The molecule has 0 aliphatic carbocycles. The Bertz CT molecular complexity index is 1220. The number of nitrogens with one attached hydrogen (secondary N) is 1. The van der Waals surface area contributed by atoms with E-state index >= 15 is 0 Å². The zero-order chi connectivity index (χ0) is 25.9. The quantitative estimate of drug-likeness (QED) is 0.508. The van der Waals surface area contributed by atoms with Gasteiger partial charge in [0.25, 0.3) is 0 Å². The molecule has 0 saturated carbocycles. The first-order valence-electron chi connectivity index (χ1n) is 12.7. The number of nitrogens with zero attached hydrogens (tertiary/aromatic N) is 2. The third-order valence-electron chi connectivity index (χ3n) is 7.07. The van der Waals surface area contributed by atoms with Crippen LogP contribution in [0.3, 0.4) is 0 Å². The molecule has 2 aromatic rings. The van der Waals surface area contributed by atoms with Gasteiger partial charge in [-0.25, -0.2) is 8.42 Å². The first-order valence-corrected chi connectivity index (χ1v) is 14.9. The number of hydrogen-bond donors (Lipinski definition) is 1. The number of carbonyl (C=O) groups is 2. The van der Waals surface area contributed by atoms with E-state index in [1.54, 1.807) is 17.9 Å². The Balaban J connectivity index is 1.47. The molecule has 2 aliphatic heterocycles. The molecule has 2 atom stereocenters. The molecule has 2 amide bonds. The second-order valence-electron chi connectivity index (χ2n) is 9.70. The molecule has 0 unspecified atom stereocenters. The summed E-state index contributed by atoms with van der Waals surface area (Å²) in [6.45, 7) is 4.75. The molecular formula is C27H34BrN3O4S. The van der Waals surface area contributed by atoms with Crippen LogP contribution in [0.15, 0.2) is 51.8 Å². The molecule has 0 radical (unpaired) electrons. The number of hydrogen-bond acceptors (Lipinski definition) is 4. The zero-order valence-corrected chi connectivity index (χ0v) is 23.3. The van der Waals surface area contributed by atoms with Gasteiger partial charge in [-0.15, -0.1) is 0 Å². The van der Waals surface area contributed by atoms with E-state index in [0.717, 1.165) is 18.4 Å².